The maximum atomic E-state index is 12.5. The van der Waals surface area contributed by atoms with Crippen LogP contribution in [0.15, 0.2) is 15.9 Å². The maximum absolute atomic E-state index is 12.5. The molecule has 1 aromatic heterocycles. The van der Waals surface area contributed by atoms with E-state index in [4.69, 9.17) is 0 Å². The number of hydrogen-bond donors (Lipinski definition) is 0. The van der Waals surface area contributed by atoms with E-state index in [1.165, 1.54) is 17.8 Å². The summed E-state index contributed by atoms with van der Waals surface area (Å²) in [6.07, 6.45) is 4.14. The maximum Gasteiger partial charge on any atom is 0.264 e. The predicted molar refractivity (Wildman–Crippen MR) is 86.5 cm³/mol. The number of amides is 2. The molecular formula is C15H19BrN2O2S. The van der Waals surface area contributed by atoms with Crippen LogP contribution in [0, 0.1) is 5.92 Å². The molecule has 2 amide bonds. The molecule has 1 saturated heterocycles. The monoisotopic (exact) mass is 370 g/mol. The Kier molecular flexibility index (Phi) is 4.64. The van der Waals surface area contributed by atoms with Gasteiger partial charge in [-0.15, -0.1) is 11.3 Å². The summed E-state index contributed by atoms with van der Waals surface area (Å²) in [5.74, 6) is 0.638. The third-order valence-corrected chi connectivity index (χ3v) is 6.01. The van der Waals surface area contributed by atoms with Gasteiger partial charge in [-0.05, 0) is 41.3 Å². The van der Waals surface area contributed by atoms with E-state index in [1.807, 2.05) is 21.2 Å². The Balaban J connectivity index is 1.60. The summed E-state index contributed by atoms with van der Waals surface area (Å²) in [4.78, 5) is 29.4. The molecule has 114 valence electrons. The average Bonchev–Trinajstić information content (AvgIpc) is 2.70. The van der Waals surface area contributed by atoms with Crippen molar-refractivity contribution in [3.63, 3.8) is 0 Å². The van der Waals surface area contributed by atoms with E-state index in [9.17, 15) is 9.59 Å². The first-order valence-electron chi connectivity index (χ1n) is 7.47. The van der Waals surface area contributed by atoms with E-state index in [1.54, 1.807) is 0 Å². The number of rotatable bonds is 2. The van der Waals surface area contributed by atoms with Crippen LogP contribution in [0.5, 0.6) is 0 Å². The van der Waals surface area contributed by atoms with Crippen molar-refractivity contribution in [3.05, 3.63) is 20.8 Å². The minimum absolute atomic E-state index is 0.0867. The van der Waals surface area contributed by atoms with E-state index in [2.05, 4.69) is 15.9 Å². The lowest BCUT2D eigenvalue weighted by Gasteiger charge is -2.30. The van der Waals surface area contributed by atoms with Crippen LogP contribution >= 0.6 is 27.3 Å². The third kappa shape index (κ3) is 3.31. The van der Waals surface area contributed by atoms with Crippen LogP contribution in [0.2, 0.25) is 0 Å². The molecule has 6 heteroatoms. The molecule has 0 radical (unpaired) electrons. The topological polar surface area (TPSA) is 40.6 Å². The van der Waals surface area contributed by atoms with Crippen LogP contribution in [-0.2, 0) is 4.79 Å². The number of hydrogen-bond acceptors (Lipinski definition) is 3. The summed E-state index contributed by atoms with van der Waals surface area (Å²) in [5.41, 5.74) is 0. The van der Waals surface area contributed by atoms with Crippen LogP contribution in [-0.4, -0.2) is 47.8 Å². The van der Waals surface area contributed by atoms with Crippen molar-refractivity contribution in [1.29, 1.82) is 0 Å². The fourth-order valence-corrected chi connectivity index (χ4v) is 4.23. The molecule has 0 atom stereocenters. The van der Waals surface area contributed by atoms with Gasteiger partial charge in [-0.1, -0.05) is 6.42 Å². The standard InChI is InChI=1S/C15H19BrN2O2S/c16-12-9-13(21-10-12)15(20)18-6-2-5-17(7-8-18)14(19)11-3-1-4-11/h9-11H,1-8H2. The lowest BCUT2D eigenvalue weighted by Crippen LogP contribution is -2.41. The van der Waals surface area contributed by atoms with Gasteiger partial charge in [-0.25, -0.2) is 0 Å². The van der Waals surface area contributed by atoms with Gasteiger partial charge >= 0.3 is 0 Å². The Bertz CT molecular complexity index is 542. The molecule has 0 spiro atoms. The number of thiophene rings is 1. The van der Waals surface area contributed by atoms with Gasteiger partial charge in [0, 0.05) is 41.9 Å². The van der Waals surface area contributed by atoms with Gasteiger partial charge in [0.05, 0.1) is 4.88 Å². The van der Waals surface area contributed by atoms with Gasteiger partial charge < -0.3 is 9.80 Å². The van der Waals surface area contributed by atoms with E-state index in [0.717, 1.165) is 41.7 Å². The van der Waals surface area contributed by atoms with Gasteiger partial charge in [-0.3, -0.25) is 9.59 Å². The van der Waals surface area contributed by atoms with Crippen molar-refractivity contribution in [1.82, 2.24) is 9.80 Å². The molecule has 3 rings (SSSR count). The fraction of sp³-hybridized carbons (Fsp3) is 0.600. The fourth-order valence-electron chi connectivity index (χ4n) is 2.84. The van der Waals surface area contributed by atoms with Crippen LogP contribution in [0.25, 0.3) is 0 Å². The largest absolute Gasteiger partial charge is 0.341 e. The van der Waals surface area contributed by atoms with Gasteiger partial charge in [0.1, 0.15) is 0 Å². The highest BCUT2D eigenvalue weighted by atomic mass is 79.9. The summed E-state index contributed by atoms with van der Waals surface area (Å²) in [7, 11) is 0. The molecule has 2 fully saturated rings. The first kappa shape index (κ1) is 15.0. The molecule has 1 aliphatic heterocycles. The molecule has 21 heavy (non-hydrogen) atoms. The molecule has 0 N–H and O–H groups in total. The van der Waals surface area contributed by atoms with Crippen molar-refractivity contribution >= 4 is 39.1 Å². The molecular weight excluding hydrogens is 352 g/mol. The van der Waals surface area contributed by atoms with Crippen LogP contribution in [0.4, 0.5) is 0 Å². The third-order valence-electron chi connectivity index (χ3n) is 4.33. The summed E-state index contributed by atoms with van der Waals surface area (Å²) < 4.78 is 0.951. The zero-order valence-corrected chi connectivity index (χ0v) is 14.3. The Morgan fingerprint density at radius 2 is 1.81 bits per heavy atom. The van der Waals surface area contributed by atoms with E-state index in [0.29, 0.717) is 19.0 Å². The quantitative estimate of drug-likeness (QED) is 0.802. The molecule has 1 saturated carbocycles. The van der Waals surface area contributed by atoms with E-state index >= 15 is 0 Å². The lowest BCUT2D eigenvalue weighted by atomic mass is 9.84. The zero-order valence-electron chi connectivity index (χ0n) is 11.9. The first-order chi connectivity index (χ1) is 10.1. The zero-order chi connectivity index (χ0) is 14.8. The number of carbonyl (C=O) groups excluding carboxylic acids is 2. The first-order valence-corrected chi connectivity index (χ1v) is 9.14. The summed E-state index contributed by atoms with van der Waals surface area (Å²) >= 11 is 4.85. The molecule has 2 aliphatic rings. The Morgan fingerprint density at radius 3 is 2.43 bits per heavy atom. The minimum Gasteiger partial charge on any atom is -0.341 e. The van der Waals surface area contributed by atoms with E-state index in [-0.39, 0.29) is 11.8 Å². The second kappa shape index (κ2) is 6.48. The van der Waals surface area contributed by atoms with Crippen LogP contribution in [0.3, 0.4) is 0 Å². The summed E-state index contributed by atoms with van der Waals surface area (Å²) in [6, 6.07) is 1.87. The molecule has 4 nitrogen and oxygen atoms in total. The number of carbonyl (C=O) groups is 2. The Morgan fingerprint density at radius 1 is 1.10 bits per heavy atom. The van der Waals surface area contributed by atoms with E-state index < -0.39 is 0 Å². The van der Waals surface area contributed by atoms with Crippen LogP contribution in [0.1, 0.15) is 35.4 Å². The molecule has 0 aromatic carbocycles. The van der Waals surface area contributed by atoms with Crippen molar-refractivity contribution in [2.24, 2.45) is 5.92 Å². The van der Waals surface area contributed by atoms with Crippen LogP contribution < -0.4 is 0 Å². The van der Waals surface area contributed by atoms with Gasteiger partial charge in [0.2, 0.25) is 5.91 Å². The highest BCUT2D eigenvalue weighted by Crippen LogP contribution is 2.28. The molecule has 1 aromatic rings. The van der Waals surface area contributed by atoms with Crippen molar-refractivity contribution in [2.75, 3.05) is 26.2 Å². The second-order valence-corrected chi connectivity index (χ2v) is 7.55. The lowest BCUT2D eigenvalue weighted by molar-refractivity contribution is -0.138. The number of halogens is 1. The van der Waals surface area contributed by atoms with Crippen molar-refractivity contribution in [2.45, 2.75) is 25.7 Å². The normalized spacial score (nSPS) is 20.0. The number of nitrogens with zero attached hydrogens (tertiary/aromatic N) is 2. The average molecular weight is 371 g/mol. The summed E-state index contributed by atoms with van der Waals surface area (Å²) in [6.45, 7) is 2.84. The molecule has 0 unspecified atom stereocenters. The van der Waals surface area contributed by atoms with Gasteiger partial charge in [-0.2, -0.15) is 0 Å². The second-order valence-electron chi connectivity index (χ2n) is 5.73. The van der Waals surface area contributed by atoms with Gasteiger partial charge in [0.25, 0.3) is 5.91 Å². The highest BCUT2D eigenvalue weighted by molar-refractivity contribution is 9.10. The minimum atomic E-state index is 0.0867. The van der Waals surface area contributed by atoms with Gasteiger partial charge in [0.15, 0.2) is 0 Å². The molecule has 1 aliphatic carbocycles. The van der Waals surface area contributed by atoms with Crippen molar-refractivity contribution in [3.8, 4) is 0 Å². The van der Waals surface area contributed by atoms with Crippen molar-refractivity contribution < 1.29 is 9.59 Å². The smallest absolute Gasteiger partial charge is 0.264 e. The SMILES string of the molecule is O=C(c1cc(Br)cs1)N1CCCN(C(=O)C2CCC2)CC1. The summed E-state index contributed by atoms with van der Waals surface area (Å²) in [5, 5.41) is 1.93. The Hall–Kier alpha value is -0.880. The highest BCUT2D eigenvalue weighted by Gasteiger charge is 2.31. The molecule has 0 bridgehead atoms. The Labute approximate surface area is 137 Å². The predicted octanol–water partition coefficient (Wildman–Crippen LogP) is 2.99. The molecule has 2 heterocycles.